The van der Waals surface area contributed by atoms with Gasteiger partial charge in [0.25, 0.3) is 0 Å². The van der Waals surface area contributed by atoms with Gasteiger partial charge in [-0.15, -0.1) is 11.8 Å². The number of nitrogens with zero attached hydrogens (tertiary/aromatic N) is 1. The fraction of sp³-hybridized carbons (Fsp3) is 0.857. The van der Waals surface area contributed by atoms with Crippen molar-refractivity contribution >= 4 is 23.6 Å². The van der Waals surface area contributed by atoms with Crippen molar-refractivity contribution in [1.29, 1.82) is 0 Å². The molecule has 0 aromatic carbocycles. The molecule has 0 spiro atoms. The molecule has 0 saturated carbocycles. The number of carbonyl (C=O) groups excluding carboxylic acids is 1. The number of carboxylic acids is 1. The van der Waals surface area contributed by atoms with Gasteiger partial charge in [0.15, 0.2) is 0 Å². The maximum absolute atomic E-state index is 12.1. The Morgan fingerprint density at radius 3 is 2.63 bits per heavy atom. The minimum absolute atomic E-state index is 0.0835. The summed E-state index contributed by atoms with van der Waals surface area (Å²) >= 11 is 1.62. The van der Waals surface area contributed by atoms with Gasteiger partial charge in [-0.05, 0) is 24.5 Å². The monoisotopic (exact) mass is 287 g/mol. The molecule has 0 aliphatic carbocycles. The topological polar surface area (TPSA) is 57.6 Å². The van der Waals surface area contributed by atoms with E-state index in [1.807, 2.05) is 6.92 Å². The summed E-state index contributed by atoms with van der Waals surface area (Å²) in [4.78, 5) is 25.4. The quantitative estimate of drug-likeness (QED) is 0.816. The van der Waals surface area contributed by atoms with E-state index in [0.29, 0.717) is 36.9 Å². The van der Waals surface area contributed by atoms with Gasteiger partial charge >= 0.3 is 5.97 Å². The van der Waals surface area contributed by atoms with Crippen LogP contribution in [0.2, 0.25) is 0 Å². The number of hydrogen-bond donors (Lipinski definition) is 1. The molecule has 19 heavy (non-hydrogen) atoms. The number of rotatable bonds is 6. The van der Waals surface area contributed by atoms with Crippen LogP contribution >= 0.6 is 11.8 Å². The number of thioether (sulfide) groups is 1. The summed E-state index contributed by atoms with van der Waals surface area (Å²) in [5, 5.41) is 9.92. The lowest BCUT2D eigenvalue weighted by Gasteiger charge is -2.40. The molecule has 0 bridgehead atoms. The number of carboxylic acid groups (broad SMARTS) is 1. The molecule has 1 heterocycles. The van der Waals surface area contributed by atoms with E-state index in [1.165, 1.54) is 0 Å². The van der Waals surface area contributed by atoms with Crippen LogP contribution in [-0.4, -0.2) is 46.0 Å². The lowest BCUT2D eigenvalue weighted by atomic mass is 9.76. The van der Waals surface area contributed by atoms with Crippen molar-refractivity contribution in [1.82, 2.24) is 4.90 Å². The van der Waals surface area contributed by atoms with Crippen LogP contribution < -0.4 is 0 Å². The van der Waals surface area contributed by atoms with Gasteiger partial charge in [-0.1, -0.05) is 27.2 Å². The fourth-order valence-electron chi connectivity index (χ4n) is 2.64. The Labute approximate surface area is 119 Å². The first kappa shape index (κ1) is 16.3. The van der Waals surface area contributed by atoms with Crippen molar-refractivity contribution < 1.29 is 14.7 Å². The van der Waals surface area contributed by atoms with Crippen molar-refractivity contribution in [2.75, 3.05) is 18.8 Å². The number of piperidine rings is 1. The van der Waals surface area contributed by atoms with E-state index in [1.54, 1.807) is 16.7 Å². The molecule has 1 fully saturated rings. The Morgan fingerprint density at radius 2 is 2.11 bits per heavy atom. The highest BCUT2D eigenvalue weighted by atomic mass is 32.2. The fourth-order valence-corrected chi connectivity index (χ4v) is 3.30. The van der Waals surface area contributed by atoms with Gasteiger partial charge in [-0.25, -0.2) is 0 Å². The molecular formula is C14H25NO3S. The summed E-state index contributed by atoms with van der Waals surface area (Å²) in [6.07, 6.45) is 2.99. The smallest absolute Gasteiger partial charge is 0.311 e. The largest absolute Gasteiger partial charge is 0.481 e. The van der Waals surface area contributed by atoms with Crippen LogP contribution in [-0.2, 0) is 9.59 Å². The second kappa shape index (κ2) is 7.17. The minimum Gasteiger partial charge on any atom is -0.481 e. The second-order valence-electron chi connectivity index (χ2n) is 5.61. The van der Waals surface area contributed by atoms with Gasteiger partial charge < -0.3 is 10.0 Å². The van der Waals surface area contributed by atoms with E-state index in [9.17, 15) is 14.7 Å². The zero-order valence-corrected chi connectivity index (χ0v) is 13.0. The molecule has 4 nitrogen and oxygen atoms in total. The molecule has 0 radical (unpaired) electrons. The van der Waals surface area contributed by atoms with Gasteiger partial charge in [0.1, 0.15) is 0 Å². The first-order chi connectivity index (χ1) is 8.91. The van der Waals surface area contributed by atoms with Crippen LogP contribution in [0.5, 0.6) is 0 Å². The minimum atomic E-state index is -0.747. The van der Waals surface area contributed by atoms with E-state index < -0.39 is 11.4 Å². The highest BCUT2D eigenvalue weighted by Crippen LogP contribution is 2.35. The summed E-state index contributed by atoms with van der Waals surface area (Å²) in [5.41, 5.74) is -0.717. The van der Waals surface area contributed by atoms with Crippen LogP contribution in [0.15, 0.2) is 0 Å². The summed E-state index contributed by atoms with van der Waals surface area (Å²) in [6.45, 7) is 7.21. The molecule has 0 aromatic heterocycles. The molecule has 1 amide bonds. The first-order valence-electron chi connectivity index (χ1n) is 7.04. The van der Waals surface area contributed by atoms with Crippen molar-refractivity contribution in [2.45, 2.75) is 51.7 Å². The molecule has 110 valence electrons. The van der Waals surface area contributed by atoms with Crippen molar-refractivity contribution in [3.63, 3.8) is 0 Å². The number of aliphatic carboxylic acids is 1. The molecule has 5 heteroatoms. The van der Waals surface area contributed by atoms with Crippen LogP contribution in [0.25, 0.3) is 0 Å². The van der Waals surface area contributed by atoms with Gasteiger partial charge in [0.05, 0.1) is 11.2 Å². The Hall–Kier alpha value is -0.710. The van der Waals surface area contributed by atoms with Gasteiger partial charge in [-0.3, -0.25) is 9.59 Å². The summed E-state index contributed by atoms with van der Waals surface area (Å²) in [6, 6.07) is 0. The van der Waals surface area contributed by atoms with Crippen LogP contribution in [0.3, 0.4) is 0 Å². The molecule has 1 rings (SSSR count). The predicted octanol–water partition coefficient (Wildman–Crippen LogP) is 2.62. The third-order valence-electron chi connectivity index (χ3n) is 3.65. The van der Waals surface area contributed by atoms with Gasteiger partial charge in [-0.2, -0.15) is 0 Å². The standard InChI is InChI=1S/C14H25NO3S/c1-4-6-14(13(17)18)7-5-8-15(10-14)12(16)9-19-11(2)3/h11H,4-10H2,1-3H3,(H,17,18). The number of hydrogen-bond acceptors (Lipinski definition) is 3. The van der Waals surface area contributed by atoms with Crippen LogP contribution in [0.4, 0.5) is 0 Å². The Morgan fingerprint density at radius 1 is 1.42 bits per heavy atom. The summed E-state index contributed by atoms with van der Waals surface area (Å²) in [7, 11) is 0. The average Bonchev–Trinajstić information content (AvgIpc) is 2.36. The third-order valence-corrected chi connectivity index (χ3v) is 4.73. The summed E-state index contributed by atoms with van der Waals surface area (Å²) in [5.74, 6) is -0.206. The number of amides is 1. The Kier molecular flexibility index (Phi) is 6.17. The van der Waals surface area contributed by atoms with Gasteiger partial charge in [0, 0.05) is 13.1 Å². The third kappa shape index (κ3) is 4.41. The van der Waals surface area contributed by atoms with E-state index in [-0.39, 0.29) is 5.91 Å². The SMILES string of the molecule is CCCC1(C(=O)O)CCCN(C(=O)CSC(C)C)C1. The maximum Gasteiger partial charge on any atom is 0.311 e. The first-order valence-corrected chi connectivity index (χ1v) is 8.09. The Bertz CT molecular complexity index is 329. The number of likely N-dealkylation sites (tertiary alicyclic amines) is 1. The zero-order valence-electron chi connectivity index (χ0n) is 12.1. The lowest BCUT2D eigenvalue weighted by molar-refractivity contribution is -0.155. The highest BCUT2D eigenvalue weighted by molar-refractivity contribution is 8.00. The van der Waals surface area contributed by atoms with Crippen LogP contribution in [0.1, 0.15) is 46.5 Å². The predicted molar refractivity (Wildman–Crippen MR) is 78.4 cm³/mol. The zero-order chi connectivity index (χ0) is 14.5. The van der Waals surface area contributed by atoms with Crippen LogP contribution in [0, 0.1) is 5.41 Å². The van der Waals surface area contributed by atoms with Crippen molar-refractivity contribution in [3.05, 3.63) is 0 Å². The highest BCUT2D eigenvalue weighted by Gasteiger charge is 2.42. The second-order valence-corrected chi connectivity index (χ2v) is 7.18. The molecule has 1 aliphatic heterocycles. The lowest BCUT2D eigenvalue weighted by Crippen LogP contribution is -2.50. The van der Waals surface area contributed by atoms with E-state index in [2.05, 4.69) is 13.8 Å². The Balaban J connectivity index is 2.66. The molecular weight excluding hydrogens is 262 g/mol. The molecule has 1 atom stereocenters. The molecule has 0 aromatic rings. The molecule has 1 aliphatic rings. The van der Waals surface area contributed by atoms with E-state index >= 15 is 0 Å². The van der Waals surface area contributed by atoms with Crippen molar-refractivity contribution in [2.24, 2.45) is 5.41 Å². The van der Waals surface area contributed by atoms with Gasteiger partial charge in [0.2, 0.25) is 5.91 Å². The molecule has 1 unspecified atom stereocenters. The summed E-state index contributed by atoms with van der Waals surface area (Å²) < 4.78 is 0. The van der Waals surface area contributed by atoms with E-state index in [4.69, 9.17) is 0 Å². The molecule has 1 saturated heterocycles. The normalized spacial score (nSPS) is 23.7. The van der Waals surface area contributed by atoms with Crippen molar-refractivity contribution in [3.8, 4) is 0 Å². The molecule has 1 N–H and O–H groups in total. The average molecular weight is 287 g/mol. The number of carbonyl (C=O) groups is 2. The maximum atomic E-state index is 12.1. The van der Waals surface area contributed by atoms with E-state index in [0.717, 1.165) is 12.8 Å².